The van der Waals surface area contributed by atoms with Crippen LogP contribution in [-0.2, 0) is 7.05 Å². The van der Waals surface area contributed by atoms with Crippen LogP contribution < -0.4 is 14.8 Å². The largest absolute Gasteiger partial charge is 0.493 e. The van der Waals surface area contributed by atoms with Crippen molar-refractivity contribution < 1.29 is 14.3 Å². The van der Waals surface area contributed by atoms with Crippen molar-refractivity contribution in [1.29, 1.82) is 0 Å². The number of carbonyl (C=O) groups excluding carboxylic acids is 1. The number of carbonyl (C=O) groups is 1. The molecule has 0 unspecified atom stereocenters. The Bertz CT molecular complexity index is 955. The third-order valence-corrected chi connectivity index (χ3v) is 4.07. The summed E-state index contributed by atoms with van der Waals surface area (Å²) in [4.78, 5) is 12.6. The lowest BCUT2D eigenvalue weighted by Crippen LogP contribution is -2.12. The Morgan fingerprint density at radius 1 is 1.19 bits per heavy atom. The number of methoxy groups -OCH3 is 2. The molecule has 0 radical (unpaired) electrons. The van der Waals surface area contributed by atoms with Crippen molar-refractivity contribution >= 4 is 23.2 Å². The van der Waals surface area contributed by atoms with Crippen LogP contribution in [0.15, 0.2) is 42.7 Å². The summed E-state index contributed by atoms with van der Waals surface area (Å²) in [6.45, 7) is 0. The van der Waals surface area contributed by atoms with Crippen molar-refractivity contribution in [3.8, 4) is 22.9 Å². The zero-order chi connectivity index (χ0) is 18.7. The number of nitrogens with one attached hydrogen (secondary N) is 1. The lowest BCUT2D eigenvalue weighted by Gasteiger charge is -2.12. The minimum atomic E-state index is -0.317. The van der Waals surface area contributed by atoms with Gasteiger partial charge in [0.25, 0.3) is 5.91 Å². The highest BCUT2D eigenvalue weighted by atomic mass is 35.5. The standard InChI is InChI=1S/C18H17ClN4O3/c1-23-10-20-22-17(23)11-5-4-6-13(7-11)21-18(24)12-8-14(19)16(26-3)15(9-12)25-2/h4-10H,1-3H3,(H,21,24). The zero-order valence-corrected chi connectivity index (χ0v) is 15.2. The first-order valence-corrected chi connectivity index (χ1v) is 8.08. The molecule has 7 nitrogen and oxygen atoms in total. The summed E-state index contributed by atoms with van der Waals surface area (Å²) >= 11 is 6.17. The van der Waals surface area contributed by atoms with E-state index in [0.29, 0.717) is 33.6 Å². The molecule has 8 heteroatoms. The van der Waals surface area contributed by atoms with Gasteiger partial charge in [-0.1, -0.05) is 23.7 Å². The van der Waals surface area contributed by atoms with Gasteiger partial charge in [0.2, 0.25) is 0 Å². The SMILES string of the molecule is COc1cc(C(=O)Nc2cccc(-c3nncn3C)c2)cc(Cl)c1OC. The molecule has 1 heterocycles. The number of ether oxygens (including phenoxy) is 2. The van der Waals surface area contributed by atoms with Gasteiger partial charge in [-0.3, -0.25) is 4.79 Å². The van der Waals surface area contributed by atoms with Crippen LogP contribution in [0.1, 0.15) is 10.4 Å². The van der Waals surface area contributed by atoms with E-state index in [4.69, 9.17) is 21.1 Å². The molecule has 3 rings (SSSR count). The molecule has 0 spiro atoms. The van der Waals surface area contributed by atoms with Gasteiger partial charge >= 0.3 is 0 Å². The van der Waals surface area contributed by atoms with Crippen molar-refractivity contribution in [1.82, 2.24) is 14.8 Å². The van der Waals surface area contributed by atoms with Gasteiger partial charge in [0.15, 0.2) is 17.3 Å². The zero-order valence-electron chi connectivity index (χ0n) is 14.5. The van der Waals surface area contributed by atoms with Crippen LogP contribution in [0.25, 0.3) is 11.4 Å². The Balaban J connectivity index is 1.87. The first-order valence-electron chi connectivity index (χ1n) is 7.70. The average molecular weight is 373 g/mol. The highest BCUT2D eigenvalue weighted by Crippen LogP contribution is 2.36. The number of amides is 1. The van der Waals surface area contributed by atoms with Crippen LogP contribution in [0.5, 0.6) is 11.5 Å². The maximum atomic E-state index is 12.6. The highest BCUT2D eigenvalue weighted by molar-refractivity contribution is 6.32. The second kappa shape index (κ2) is 7.45. The van der Waals surface area contributed by atoms with Crippen LogP contribution in [-0.4, -0.2) is 34.9 Å². The fraction of sp³-hybridized carbons (Fsp3) is 0.167. The molecule has 3 aromatic rings. The van der Waals surface area contributed by atoms with E-state index in [2.05, 4.69) is 15.5 Å². The van der Waals surface area contributed by atoms with E-state index in [1.165, 1.54) is 20.3 Å². The molecule has 0 aliphatic rings. The molecular formula is C18H17ClN4O3. The molecule has 1 N–H and O–H groups in total. The summed E-state index contributed by atoms with van der Waals surface area (Å²) < 4.78 is 12.2. The second-order valence-corrected chi connectivity index (χ2v) is 5.90. The number of hydrogen-bond acceptors (Lipinski definition) is 5. The Hall–Kier alpha value is -3.06. The Morgan fingerprint density at radius 2 is 2.00 bits per heavy atom. The van der Waals surface area contributed by atoms with Gasteiger partial charge in [-0.2, -0.15) is 0 Å². The average Bonchev–Trinajstić information content (AvgIpc) is 3.07. The summed E-state index contributed by atoms with van der Waals surface area (Å²) in [5.41, 5.74) is 1.83. The van der Waals surface area contributed by atoms with Gasteiger partial charge in [-0.05, 0) is 24.3 Å². The predicted molar refractivity (Wildman–Crippen MR) is 98.9 cm³/mol. The number of anilines is 1. The monoisotopic (exact) mass is 372 g/mol. The van der Waals surface area contributed by atoms with Crippen LogP contribution >= 0.6 is 11.6 Å². The number of benzene rings is 2. The van der Waals surface area contributed by atoms with Crippen molar-refractivity contribution in [2.24, 2.45) is 7.05 Å². The van der Waals surface area contributed by atoms with E-state index >= 15 is 0 Å². The third kappa shape index (κ3) is 3.48. The number of halogens is 1. The molecule has 1 amide bonds. The van der Waals surface area contributed by atoms with Crippen molar-refractivity contribution in [3.63, 3.8) is 0 Å². The molecule has 0 aliphatic heterocycles. The number of rotatable bonds is 5. The van der Waals surface area contributed by atoms with Crippen LogP contribution in [0.2, 0.25) is 5.02 Å². The first kappa shape index (κ1) is 17.8. The predicted octanol–water partition coefficient (Wildman–Crippen LogP) is 3.41. The van der Waals surface area contributed by atoms with E-state index in [1.54, 1.807) is 23.0 Å². The van der Waals surface area contributed by atoms with Gasteiger partial charge in [0, 0.05) is 23.9 Å². The maximum absolute atomic E-state index is 12.6. The van der Waals surface area contributed by atoms with Crippen LogP contribution in [0.4, 0.5) is 5.69 Å². The summed E-state index contributed by atoms with van der Waals surface area (Å²) in [5, 5.41) is 11.1. The number of aromatic nitrogens is 3. The van der Waals surface area contributed by atoms with Gasteiger partial charge in [0.1, 0.15) is 6.33 Å². The molecular weight excluding hydrogens is 356 g/mol. The fourth-order valence-electron chi connectivity index (χ4n) is 2.53. The van der Waals surface area contributed by atoms with Crippen molar-refractivity contribution in [2.75, 3.05) is 19.5 Å². The molecule has 0 saturated carbocycles. The molecule has 1 aromatic heterocycles. The normalized spacial score (nSPS) is 10.5. The van der Waals surface area contributed by atoms with Crippen LogP contribution in [0, 0.1) is 0 Å². The summed E-state index contributed by atoms with van der Waals surface area (Å²) in [5.74, 6) is 1.16. The molecule has 0 fully saturated rings. The summed E-state index contributed by atoms with van der Waals surface area (Å²) in [7, 11) is 4.83. The number of aryl methyl sites for hydroxylation is 1. The first-order chi connectivity index (χ1) is 12.5. The fourth-order valence-corrected chi connectivity index (χ4v) is 2.82. The molecule has 2 aromatic carbocycles. The summed E-state index contributed by atoms with van der Waals surface area (Å²) in [6, 6.07) is 10.5. The lowest BCUT2D eigenvalue weighted by molar-refractivity contribution is 0.102. The van der Waals surface area contributed by atoms with Gasteiger partial charge in [0.05, 0.1) is 19.2 Å². The van der Waals surface area contributed by atoms with E-state index < -0.39 is 0 Å². The molecule has 0 bridgehead atoms. The smallest absolute Gasteiger partial charge is 0.255 e. The van der Waals surface area contributed by atoms with E-state index in [-0.39, 0.29) is 5.91 Å². The highest BCUT2D eigenvalue weighted by Gasteiger charge is 2.16. The molecule has 26 heavy (non-hydrogen) atoms. The second-order valence-electron chi connectivity index (χ2n) is 5.49. The Kier molecular flexibility index (Phi) is 5.09. The Morgan fingerprint density at radius 3 is 2.65 bits per heavy atom. The Labute approximate surface area is 155 Å². The van der Waals surface area contributed by atoms with Gasteiger partial charge in [-0.25, -0.2) is 0 Å². The maximum Gasteiger partial charge on any atom is 0.255 e. The molecule has 134 valence electrons. The third-order valence-electron chi connectivity index (χ3n) is 3.79. The van der Waals surface area contributed by atoms with E-state index in [9.17, 15) is 4.79 Å². The molecule has 0 aliphatic carbocycles. The number of nitrogens with zero attached hydrogens (tertiary/aromatic N) is 3. The topological polar surface area (TPSA) is 78.3 Å². The number of hydrogen-bond donors (Lipinski definition) is 1. The minimum absolute atomic E-state index is 0.296. The quantitative estimate of drug-likeness (QED) is 0.742. The van der Waals surface area contributed by atoms with Crippen molar-refractivity contribution in [2.45, 2.75) is 0 Å². The summed E-state index contributed by atoms with van der Waals surface area (Å²) in [6.07, 6.45) is 1.62. The van der Waals surface area contributed by atoms with Crippen molar-refractivity contribution in [3.05, 3.63) is 53.3 Å². The molecule has 0 atom stereocenters. The van der Waals surface area contributed by atoms with Gasteiger partial charge < -0.3 is 19.4 Å². The van der Waals surface area contributed by atoms with E-state index in [0.717, 1.165) is 5.56 Å². The van der Waals surface area contributed by atoms with E-state index in [1.807, 2.05) is 25.2 Å². The minimum Gasteiger partial charge on any atom is -0.493 e. The molecule has 0 saturated heterocycles. The van der Waals surface area contributed by atoms with Crippen LogP contribution in [0.3, 0.4) is 0 Å². The van der Waals surface area contributed by atoms with Gasteiger partial charge in [-0.15, -0.1) is 10.2 Å². The lowest BCUT2D eigenvalue weighted by atomic mass is 10.1.